The third-order valence-electron chi connectivity index (χ3n) is 5.09. The fourth-order valence-electron chi connectivity index (χ4n) is 3.68. The van der Waals surface area contributed by atoms with Crippen LogP contribution >= 0.6 is 0 Å². The van der Waals surface area contributed by atoms with Crippen LogP contribution < -0.4 is 4.90 Å². The van der Waals surface area contributed by atoms with Crippen molar-refractivity contribution in [3.05, 3.63) is 18.6 Å². The van der Waals surface area contributed by atoms with E-state index in [1.54, 1.807) is 6.33 Å². The van der Waals surface area contributed by atoms with Crippen molar-refractivity contribution >= 4 is 22.8 Å². The number of nitrogens with zero attached hydrogens (tertiary/aromatic N) is 5. The maximum atomic E-state index is 12.5. The number of anilines is 1. The molecule has 0 bridgehead atoms. The summed E-state index contributed by atoms with van der Waals surface area (Å²) in [6.45, 7) is 2.33. The summed E-state index contributed by atoms with van der Waals surface area (Å²) in [5, 5.41) is 9.67. The Morgan fingerprint density at radius 2 is 2.25 bits per heavy atom. The molecule has 1 aliphatic carbocycles. The Morgan fingerprint density at radius 3 is 3.04 bits per heavy atom. The Balaban J connectivity index is 1.51. The molecular formula is C17H20N6O. The number of H-pyrrole nitrogens is 1. The van der Waals surface area contributed by atoms with Gasteiger partial charge in [-0.25, -0.2) is 9.97 Å². The van der Waals surface area contributed by atoms with Crippen molar-refractivity contribution in [1.29, 1.82) is 5.26 Å². The average molecular weight is 324 g/mol. The normalized spacial score (nSPS) is 18.8. The summed E-state index contributed by atoms with van der Waals surface area (Å²) in [7, 11) is 0. The lowest BCUT2D eigenvalue weighted by Gasteiger charge is -2.43. The molecule has 7 nitrogen and oxygen atoms in total. The second-order valence-corrected chi connectivity index (χ2v) is 6.64. The van der Waals surface area contributed by atoms with Crippen LogP contribution in [0.3, 0.4) is 0 Å². The molecule has 2 aromatic heterocycles. The van der Waals surface area contributed by atoms with Gasteiger partial charge in [-0.05, 0) is 25.3 Å². The van der Waals surface area contributed by atoms with Gasteiger partial charge in [0, 0.05) is 38.7 Å². The molecule has 2 aliphatic rings. The number of hydrogen-bond donors (Lipinski definition) is 1. The molecule has 1 saturated heterocycles. The fraction of sp³-hybridized carbons (Fsp3) is 0.529. The van der Waals surface area contributed by atoms with Crippen molar-refractivity contribution in [3.63, 3.8) is 0 Å². The summed E-state index contributed by atoms with van der Waals surface area (Å²) in [6, 6.07) is 4.11. The monoisotopic (exact) mass is 324 g/mol. The Bertz CT molecular complexity index is 803. The number of nitriles is 1. The number of hydrogen-bond acceptors (Lipinski definition) is 5. The molecule has 0 aromatic carbocycles. The van der Waals surface area contributed by atoms with Gasteiger partial charge in [-0.15, -0.1) is 0 Å². The lowest BCUT2D eigenvalue weighted by Crippen LogP contribution is -2.57. The number of unbranched alkanes of at least 4 members (excludes halogenated alkanes) is 1. The van der Waals surface area contributed by atoms with E-state index in [1.807, 2.05) is 12.3 Å². The van der Waals surface area contributed by atoms with Gasteiger partial charge in [-0.3, -0.25) is 4.79 Å². The first-order chi connectivity index (χ1) is 11.7. The number of fused-ring (bicyclic) bond motifs is 1. The largest absolute Gasteiger partial charge is 0.352 e. The number of aromatic nitrogens is 3. The van der Waals surface area contributed by atoms with Gasteiger partial charge in [0.15, 0.2) is 0 Å². The minimum atomic E-state index is -0.0322. The van der Waals surface area contributed by atoms with Gasteiger partial charge in [-0.2, -0.15) is 5.26 Å². The maximum absolute atomic E-state index is 12.5. The van der Waals surface area contributed by atoms with Gasteiger partial charge in [0.2, 0.25) is 5.91 Å². The van der Waals surface area contributed by atoms with Crippen LogP contribution in [0, 0.1) is 11.3 Å². The molecule has 0 radical (unpaired) electrons. The number of carbonyl (C=O) groups excluding carboxylic acids is 1. The number of nitrogens with one attached hydrogen (secondary N) is 1. The predicted octanol–water partition coefficient (Wildman–Crippen LogP) is 1.83. The van der Waals surface area contributed by atoms with Crippen LogP contribution in [0.25, 0.3) is 11.0 Å². The summed E-state index contributed by atoms with van der Waals surface area (Å²) in [5.41, 5.74) is 0.815. The molecule has 124 valence electrons. The van der Waals surface area contributed by atoms with Crippen LogP contribution in [0.15, 0.2) is 18.6 Å². The Labute approximate surface area is 140 Å². The van der Waals surface area contributed by atoms with Gasteiger partial charge < -0.3 is 14.8 Å². The molecule has 1 aliphatic heterocycles. The van der Waals surface area contributed by atoms with Gasteiger partial charge >= 0.3 is 0 Å². The number of amides is 1. The van der Waals surface area contributed by atoms with Crippen LogP contribution in [0.1, 0.15) is 32.1 Å². The first-order valence-corrected chi connectivity index (χ1v) is 8.44. The molecule has 4 rings (SSSR count). The summed E-state index contributed by atoms with van der Waals surface area (Å²) >= 11 is 0. The highest BCUT2D eigenvalue weighted by Crippen LogP contribution is 2.45. The van der Waals surface area contributed by atoms with Crippen LogP contribution in [0.5, 0.6) is 0 Å². The third-order valence-corrected chi connectivity index (χ3v) is 5.09. The molecule has 3 heterocycles. The second-order valence-electron chi connectivity index (χ2n) is 6.64. The van der Waals surface area contributed by atoms with Crippen molar-refractivity contribution in [2.45, 2.75) is 37.6 Å². The highest BCUT2D eigenvalue weighted by molar-refractivity contribution is 5.87. The highest BCUT2D eigenvalue weighted by Gasteiger charge is 2.53. The first kappa shape index (κ1) is 14.9. The van der Waals surface area contributed by atoms with E-state index in [0.717, 1.165) is 49.3 Å². The molecule has 0 atom stereocenters. The Hall–Kier alpha value is -2.62. The molecular weight excluding hydrogens is 304 g/mol. The number of rotatable bonds is 4. The second kappa shape index (κ2) is 5.78. The molecule has 7 heteroatoms. The van der Waals surface area contributed by atoms with Crippen molar-refractivity contribution < 1.29 is 4.79 Å². The molecule has 1 spiro atoms. The van der Waals surface area contributed by atoms with E-state index >= 15 is 0 Å². The fourth-order valence-corrected chi connectivity index (χ4v) is 3.68. The number of piperazine rings is 1. The molecule has 1 saturated carbocycles. The highest BCUT2D eigenvalue weighted by atomic mass is 16.2. The molecule has 24 heavy (non-hydrogen) atoms. The summed E-state index contributed by atoms with van der Waals surface area (Å²) in [4.78, 5) is 28.7. The minimum absolute atomic E-state index is 0.0322. The van der Waals surface area contributed by atoms with E-state index < -0.39 is 0 Å². The zero-order chi connectivity index (χ0) is 16.6. The van der Waals surface area contributed by atoms with E-state index in [-0.39, 0.29) is 11.4 Å². The van der Waals surface area contributed by atoms with Crippen LogP contribution in [0.4, 0.5) is 5.82 Å². The van der Waals surface area contributed by atoms with E-state index in [0.29, 0.717) is 19.3 Å². The van der Waals surface area contributed by atoms with Gasteiger partial charge in [0.25, 0.3) is 0 Å². The summed E-state index contributed by atoms with van der Waals surface area (Å²) in [6.07, 6.45) is 7.15. The lowest BCUT2D eigenvalue weighted by atomic mass is 10.1. The van der Waals surface area contributed by atoms with E-state index in [2.05, 4.69) is 30.8 Å². The first-order valence-electron chi connectivity index (χ1n) is 8.44. The predicted molar refractivity (Wildman–Crippen MR) is 89.2 cm³/mol. The van der Waals surface area contributed by atoms with Crippen LogP contribution in [-0.2, 0) is 4.79 Å². The summed E-state index contributed by atoms with van der Waals surface area (Å²) < 4.78 is 0. The number of aromatic amines is 1. The van der Waals surface area contributed by atoms with E-state index in [4.69, 9.17) is 5.26 Å². The molecule has 2 aromatic rings. The molecule has 2 fully saturated rings. The van der Waals surface area contributed by atoms with Crippen LogP contribution in [-0.4, -0.2) is 50.9 Å². The standard InChI is InChI=1S/C17H20N6O/c18-7-2-1-3-14(24)23-10-9-22(11-17(23)5-6-17)16-13-4-8-19-15(13)20-12-21-16/h4,8,12H,1-3,5-6,9-11H2,(H,19,20,21). The molecule has 1 N–H and O–H groups in total. The van der Waals surface area contributed by atoms with E-state index in [9.17, 15) is 4.79 Å². The average Bonchev–Trinajstić information content (AvgIpc) is 3.18. The number of carbonyl (C=O) groups is 1. The lowest BCUT2D eigenvalue weighted by molar-refractivity contribution is -0.135. The smallest absolute Gasteiger partial charge is 0.223 e. The van der Waals surface area contributed by atoms with Gasteiger partial charge in [0.1, 0.15) is 17.8 Å². The minimum Gasteiger partial charge on any atom is -0.352 e. The maximum Gasteiger partial charge on any atom is 0.223 e. The van der Waals surface area contributed by atoms with Gasteiger partial charge in [0.05, 0.1) is 17.0 Å². The van der Waals surface area contributed by atoms with Crippen molar-refractivity contribution in [2.75, 3.05) is 24.5 Å². The Kier molecular flexibility index (Phi) is 3.60. The quantitative estimate of drug-likeness (QED) is 0.867. The Morgan fingerprint density at radius 1 is 1.38 bits per heavy atom. The van der Waals surface area contributed by atoms with Crippen molar-refractivity contribution in [1.82, 2.24) is 19.9 Å². The van der Waals surface area contributed by atoms with Crippen molar-refractivity contribution in [3.8, 4) is 6.07 Å². The zero-order valence-corrected chi connectivity index (χ0v) is 13.5. The SMILES string of the molecule is N#CCCCC(=O)N1CCN(c2ncnc3[nH]ccc23)CC12CC2. The van der Waals surface area contributed by atoms with E-state index in [1.165, 1.54) is 0 Å². The van der Waals surface area contributed by atoms with Crippen LogP contribution in [0.2, 0.25) is 0 Å². The summed E-state index contributed by atoms with van der Waals surface area (Å²) in [5.74, 6) is 1.14. The topological polar surface area (TPSA) is 88.9 Å². The molecule has 0 unspecified atom stereocenters. The van der Waals surface area contributed by atoms with Gasteiger partial charge in [-0.1, -0.05) is 0 Å². The van der Waals surface area contributed by atoms with Crippen molar-refractivity contribution in [2.24, 2.45) is 0 Å². The zero-order valence-electron chi connectivity index (χ0n) is 13.5. The third kappa shape index (κ3) is 2.48. The molecule has 1 amide bonds.